The molecule has 1 saturated heterocycles. The van der Waals surface area contributed by atoms with Gasteiger partial charge in [0.15, 0.2) is 0 Å². The van der Waals surface area contributed by atoms with Crippen LogP contribution in [0, 0.1) is 0 Å². The van der Waals surface area contributed by atoms with Crippen LogP contribution in [0.25, 0.3) is 0 Å². The lowest BCUT2D eigenvalue weighted by atomic mass is 10.1. The monoisotopic (exact) mass is 266 g/mol. The fourth-order valence-electron chi connectivity index (χ4n) is 2.10. The third kappa shape index (κ3) is 4.35. The lowest BCUT2D eigenvalue weighted by molar-refractivity contribution is -0.116. The van der Waals surface area contributed by atoms with Gasteiger partial charge in [-0.2, -0.15) is 0 Å². The molecular formula is C14H18O3S. The van der Waals surface area contributed by atoms with Gasteiger partial charge < -0.3 is 4.74 Å². The van der Waals surface area contributed by atoms with Crippen molar-refractivity contribution in [1.29, 1.82) is 0 Å². The number of hydrogen-bond acceptors (Lipinski definition) is 3. The summed E-state index contributed by atoms with van der Waals surface area (Å²) in [5.74, 6) is 0.687. The first-order valence-corrected chi connectivity index (χ1v) is 7.75. The van der Waals surface area contributed by atoms with Crippen molar-refractivity contribution in [2.75, 3.05) is 18.1 Å². The molecule has 0 aliphatic carbocycles. The van der Waals surface area contributed by atoms with E-state index in [9.17, 15) is 9.00 Å². The van der Waals surface area contributed by atoms with Crippen LogP contribution in [0.4, 0.5) is 0 Å². The summed E-state index contributed by atoms with van der Waals surface area (Å²) in [5, 5.41) is 0. The molecule has 1 fully saturated rings. The van der Waals surface area contributed by atoms with Crippen LogP contribution in [0.1, 0.15) is 18.4 Å². The van der Waals surface area contributed by atoms with Crippen LogP contribution in [-0.2, 0) is 26.8 Å². The highest BCUT2D eigenvalue weighted by Crippen LogP contribution is 2.13. The third-order valence-electron chi connectivity index (χ3n) is 2.96. The fraction of sp³-hybridized carbons (Fsp3) is 0.500. The summed E-state index contributed by atoms with van der Waals surface area (Å²) in [7, 11) is -1.09. The van der Waals surface area contributed by atoms with E-state index in [2.05, 4.69) is 0 Å². The minimum Gasteiger partial charge on any atom is -0.377 e. The Morgan fingerprint density at radius 1 is 1.33 bits per heavy atom. The average Bonchev–Trinajstić information content (AvgIpc) is 2.82. The zero-order valence-electron chi connectivity index (χ0n) is 10.3. The van der Waals surface area contributed by atoms with Crippen LogP contribution in [-0.4, -0.2) is 34.2 Å². The number of rotatable bonds is 6. The van der Waals surface area contributed by atoms with Crippen molar-refractivity contribution in [1.82, 2.24) is 0 Å². The number of hydrogen-bond donors (Lipinski definition) is 0. The Balaban J connectivity index is 1.75. The molecule has 1 aromatic rings. The van der Waals surface area contributed by atoms with E-state index in [-0.39, 0.29) is 17.6 Å². The van der Waals surface area contributed by atoms with Crippen molar-refractivity contribution in [3.05, 3.63) is 35.9 Å². The second kappa shape index (κ2) is 6.81. The first kappa shape index (κ1) is 13.4. The molecule has 0 radical (unpaired) electrons. The van der Waals surface area contributed by atoms with Gasteiger partial charge in [-0.3, -0.25) is 9.00 Å². The van der Waals surface area contributed by atoms with Gasteiger partial charge in [0.05, 0.1) is 17.6 Å². The lowest BCUT2D eigenvalue weighted by Crippen LogP contribution is -2.22. The maximum Gasteiger partial charge on any atom is 0.149 e. The van der Waals surface area contributed by atoms with E-state index in [4.69, 9.17) is 4.74 Å². The van der Waals surface area contributed by atoms with Crippen molar-refractivity contribution in [2.24, 2.45) is 0 Å². The zero-order chi connectivity index (χ0) is 12.8. The van der Waals surface area contributed by atoms with E-state index in [1.165, 1.54) is 0 Å². The standard InChI is InChI=1S/C14H18O3S/c15-13(9-12-5-2-1-3-6-12)10-18(16)11-14-7-4-8-17-14/h1-3,5-6,14H,4,7-11H2. The first-order chi connectivity index (χ1) is 8.74. The van der Waals surface area contributed by atoms with Gasteiger partial charge in [-0.25, -0.2) is 0 Å². The largest absolute Gasteiger partial charge is 0.377 e. The highest BCUT2D eigenvalue weighted by Gasteiger charge is 2.19. The van der Waals surface area contributed by atoms with Gasteiger partial charge in [0.25, 0.3) is 0 Å². The molecule has 0 aromatic heterocycles. The van der Waals surface area contributed by atoms with Crippen LogP contribution in [0.5, 0.6) is 0 Å². The van der Waals surface area contributed by atoms with Gasteiger partial charge in [0.1, 0.15) is 5.78 Å². The second-order valence-corrected chi connectivity index (χ2v) is 6.09. The van der Waals surface area contributed by atoms with Crippen LogP contribution >= 0.6 is 0 Å². The van der Waals surface area contributed by atoms with Gasteiger partial charge in [-0.05, 0) is 18.4 Å². The molecule has 0 amide bonds. The Morgan fingerprint density at radius 3 is 2.78 bits per heavy atom. The Labute approximate surface area is 110 Å². The third-order valence-corrected chi connectivity index (χ3v) is 4.35. The molecule has 2 rings (SSSR count). The summed E-state index contributed by atoms with van der Waals surface area (Å²) in [6.45, 7) is 0.764. The van der Waals surface area contributed by atoms with Crippen LogP contribution in [0.15, 0.2) is 30.3 Å². The van der Waals surface area contributed by atoms with Gasteiger partial charge in [0.2, 0.25) is 0 Å². The maximum absolute atomic E-state index is 11.8. The first-order valence-electron chi connectivity index (χ1n) is 6.26. The summed E-state index contributed by atoms with van der Waals surface area (Å²) in [6, 6.07) is 9.57. The highest BCUT2D eigenvalue weighted by molar-refractivity contribution is 7.85. The summed E-state index contributed by atoms with van der Waals surface area (Å²) in [4.78, 5) is 11.8. The highest BCUT2D eigenvalue weighted by atomic mass is 32.2. The predicted molar refractivity (Wildman–Crippen MR) is 72.0 cm³/mol. The number of benzene rings is 1. The lowest BCUT2D eigenvalue weighted by Gasteiger charge is -2.08. The Morgan fingerprint density at radius 2 is 2.11 bits per heavy atom. The molecule has 18 heavy (non-hydrogen) atoms. The molecule has 98 valence electrons. The quantitative estimate of drug-likeness (QED) is 0.787. The minimum absolute atomic E-state index is 0.0394. The predicted octanol–water partition coefficient (Wildman–Crippen LogP) is 1.73. The molecule has 1 aliphatic rings. The van der Waals surface area contributed by atoms with E-state index < -0.39 is 10.8 Å². The molecule has 1 aromatic carbocycles. The smallest absolute Gasteiger partial charge is 0.149 e. The molecule has 1 aliphatic heterocycles. The summed E-state index contributed by atoms with van der Waals surface area (Å²) >= 11 is 0. The molecule has 2 atom stereocenters. The van der Waals surface area contributed by atoms with E-state index in [1.54, 1.807) is 0 Å². The normalized spacial score (nSPS) is 20.8. The molecule has 0 bridgehead atoms. The van der Waals surface area contributed by atoms with Crippen molar-refractivity contribution >= 4 is 16.6 Å². The SMILES string of the molecule is O=C(Cc1ccccc1)CS(=O)CC1CCCO1. The van der Waals surface area contributed by atoms with Crippen LogP contribution < -0.4 is 0 Å². The molecule has 0 N–H and O–H groups in total. The second-order valence-electron chi connectivity index (χ2n) is 4.59. The van der Waals surface area contributed by atoms with Gasteiger partial charge in [0, 0.05) is 23.8 Å². The van der Waals surface area contributed by atoms with Crippen molar-refractivity contribution in [2.45, 2.75) is 25.4 Å². The van der Waals surface area contributed by atoms with Gasteiger partial charge in [-0.1, -0.05) is 30.3 Å². The molecule has 0 saturated carbocycles. The fourth-order valence-corrected chi connectivity index (χ4v) is 3.35. The van der Waals surface area contributed by atoms with E-state index in [0.717, 1.165) is 25.0 Å². The van der Waals surface area contributed by atoms with Crippen LogP contribution in [0.2, 0.25) is 0 Å². The van der Waals surface area contributed by atoms with Crippen molar-refractivity contribution in [3.63, 3.8) is 0 Å². The molecule has 0 spiro atoms. The Hall–Kier alpha value is -1.00. The van der Waals surface area contributed by atoms with E-state index in [0.29, 0.717) is 12.2 Å². The molecule has 2 unspecified atom stereocenters. The number of ketones is 1. The van der Waals surface area contributed by atoms with E-state index in [1.807, 2.05) is 30.3 Å². The number of ether oxygens (including phenoxy) is 1. The van der Waals surface area contributed by atoms with Crippen LogP contribution in [0.3, 0.4) is 0 Å². The van der Waals surface area contributed by atoms with Gasteiger partial charge in [-0.15, -0.1) is 0 Å². The zero-order valence-corrected chi connectivity index (χ0v) is 11.2. The average molecular weight is 266 g/mol. The molecule has 3 nitrogen and oxygen atoms in total. The number of carbonyl (C=O) groups excluding carboxylic acids is 1. The Kier molecular flexibility index (Phi) is 5.08. The Bertz CT molecular complexity index is 410. The molecule has 4 heteroatoms. The topological polar surface area (TPSA) is 43.4 Å². The summed E-state index contributed by atoms with van der Waals surface area (Å²) < 4.78 is 17.2. The molecular weight excluding hydrogens is 248 g/mol. The number of Topliss-reactive ketones (excluding diaryl/α,β-unsaturated/α-hetero) is 1. The van der Waals surface area contributed by atoms with Crippen molar-refractivity contribution < 1.29 is 13.7 Å². The van der Waals surface area contributed by atoms with E-state index >= 15 is 0 Å². The number of carbonyl (C=O) groups is 1. The molecule has 1 heterocycles. The summed E-state index contributed by atoms with van der Waals surface area (Å²) in [5.41, 5.74) is 0.983. The maximum atomic E-state index is 11.8. The van der Waals surface area contributed by atoms with Gasteiger partial charge >= 0.3 is 0 Å². The van der Waals surface area contributed by atoms with Crippen molar-refractivity contribution in [3.8, 4) is 0 Å². The summed E-state index contributed by atoms with van der Waals surface area (Å²) in [6.07, 6.45) is 2.48. The minimum atomic E-state index is -1.09.